The van der Waals surface area contributed by atoms with Gasteiger partial charge in [-0.1, -0.05) is 23.7 Å². The average molecular weight is 548 g/mol. The van der Waals surface area contributed by atoms with Gasteiger partial charge in [0, 0.05) is 16.8 Å². The van der Waals surface area contributed by atoms with Crippen molar-refractivity contribution in [1.82, 2.24) is 0 Å². The van der Waals surface area contributed by atoms with Crippen molar-refractivity contribution in [1.29, 1.82) is 0 Å². The summed E-state index contributed by atoms with van der Waals surface area (Å²) in [5, 5.41) is 2.98. The normalized spacial score (nSPS) is 11.3. The van der Waals surface area contributed by atoms with Gasteiger partial charge in [-0.05, 0) is 54.4 Å². The quantitative estimate of drug-likeness (QED) is 0.285. The number of benzene rings is 3. The molecule has 7 nitrogen and oxygen atoms in total. The topological polar surface area (TPSA) is 87.0 Å². The van der Waals surface area contributed by atoms with Crippen LogP contribution in [-0.2, 0) is 11.0 Å². The van der Waals surface area contributed by atoms with Crippen LogP contribution in [-0.4, -0.2) is 26.7 Å². The van der Waals surface area contributed by atoms with Gasteiger partial charge >= 0.3 is 6.18 Å². The third-order valence-corrected chi connectivity index (χ3v) is 6.03. The third-order valence-electron chi connectivity index (χ3n) is 5.62. The predicted octanol–water partition coefficient (Wildman–Crippen LogP) is 6.48. The van der Waals surface area contributed by atoms with Gasteiger partial charge in [-0.3, -0.25) is 9.59 Å². The summed E-state index contributed by atoms with van der Waals surface area (Å²) in [5.41, 5.74) is -0.682. The number of hydrogen-bond donors (Lipinski definition) is 1. The van der Waals surface area contributed by atoms with Gasteiger partial charge in [-0.25, -0.2) is 0 Å². The highest BCUT2D eigenvalue weighted by Gasteiger charge is 2.39. The average Bonchev–Trinajstić information content (AvgIpc) is 2.88. The van der Waals surface area contributed by atoms with Gasteiger partial charge in [0.05, 0.1) is 25.2 Å². The molecule has 0 unspecified atom stereocenters. The number of hydrogen-bond acceptors (Lipinski definition) is 6. The second kappa shape index (κ2) is 10.7. The van der Waals surface area contributed by atoms with E-state index in [-0.39, 0.29) is 33.8 Å². The Bertz CT molecular complexity index is 1580. The Hall–Kier alpha value is -4.18. The Labute approximate surface area is 219 Å². The van der Waals surface area contributed by atoms with Crippen LogP contribution in [0.3, 0.4) is 0 Å². The molecule has 1 heterocycles. The SMILES string of the molecule is COc1ccc(-c2c(C(F)(F)F)oc3cc(OCC(=O)Nc4ccc(C)c(Cl)c4)ccc3c2=O)cc1OC. The zero-order chi connectivity index (χ0) is 27.6. The largest absolute Gasteiger partial charge is 0.493 e. The van der Waals surface area contributed by atoms with E-state index < -0.39 is 35.4 Å². The van der Waals surface area contributed by atoms with E-state index in [0.29, 0.717) is 10.7 Å². The molecule has 0 atom stereocenters. The van der Waals surface area contributed by atoms with E-state index in [1.54, 1.807) is 18.2 Å². The minimum atomic E-state index is -4.98. The molecule has 38 heavy (non-hydrogen) atoms. The number of amides is 1. The van der Waals surface area contributed by atoms with Crippen molar-refractivity contribution in [2.24, 2.45) is 0 Å². The number of carbonyl (C=O) groups excluding carboxylic acids is 1. The number of methoxy groups -OCH3 is 2. The van der Waals surface area contributed by atoms with E-state index in [4.69, 9.17) is 30.2 Å². The minimum absolute atomic E-state index is 0.0322. The molecule has 0 bridgehead atoms. The summed E-state index contributed by atoms with van der Waals surface area (Å²) in [4.78, 5) is 25.5. The Morgan fingerprint density at radius 2 is 1.74 bits per heavy atom. The Morgan fingerprint density at radius 3 is 2.39 bits per heavy atom. The Kier molecular flexibility index (Phi) is 7.54. The highest BCUT2D eigenvalue weighted by Crippen LogP contribution is 2.40. The van der Waals surface area contributed by atoms with Crippen LogP contribution in [0.25, 0.3) is 22.1 Å². The smallest absolute Gasteiger partial charge is 0.450 e. The molecular weight excluding hydrogens is 527 g/mol. The first kappa shape index (κ1) is 26.9. The van der Waals surface area contributed by atoms with Gasteiger partial charge in [0.15, 0.2) is 18.1 Å². The summed E-state index contributed by atoms with van der Waals surface area (Å²) in [6.45, 7) is 1.37. The molecule has 1 amide bonds. The fourth-order valence-corrected chi connectivity index (χ4v) is 3.91. The first-order valence-corrected chi connectivity index (χ1v) is 11.5. The lowest BCUT2D eigenvalue weighted by Gasteiger charge is -2.15. The monoisotopic (exact) mass is 547 g/mol. The van der Waals surface area contributed by atoms with Crippen LogP contribution in [0.5, 0.6) is 17.2 Å². The molecule has 198 valence electrons. The van der Waals surface area contributed by atoms with E-state index in [1.165, 1.54) is 44.6 Å². The molecule has 3 aromatic carbocycles. The maximum Gasteiger partial charge on any atom is 0.450 e. The molecule has 0 aliphatic carbocycles. The summed E-state index contributed by atoms with van der Waals surface area (Å²) >= 11 is 6.05. The molecule has 11 heteroatoms. The third kappa shape index (κ3) is 5.55. The van der Waals surface area contributed by atoms with E-state index in [2.05, 4.69) is 5.32 Å². The maximum absolute atomic E-state index is 14.0. The highest BCUT2D eigenvalue weighted by molar-refractivity contribution is 6.31. The molecule has 0 saturated carbocycles. The number of fused-ring (bicyclic) bond motifs is 1. The van der Waals surface area contributed by atoms with Crippen molar-refractivity contribution in [3.63, 3.8) is 0 Å². The number of anilines is 1. The van der Waals surface area contributed by atoms with Crippen LogP contribution >= 0.6 is 11.6 Å². The van der Waals surface area contributed by atoms with E-state index >= 15 is 0 Å². The second-order valence-electron chi connectivity index (χ2n) is 8.16. The highest BCUT2D eigenvalue weighted by atomic mass is 35.5. The number of nitrogens with one attached hydrogen (secondary N) is 1. The molecule has 1 N–H and O–H groups in total. The number of carbonyl (C=O) groups is 1. The zero-order valence-corrected chi connectivity index (χ0v) is 21.1. The van der Waals surface area contributed by atoms with Crippen molar-refractivity contribution in [3.05, 3.63) is 81.2 Å². The lowest BCUT2D eigenvalue weighted by Crippen LogP contribution is -2.20. The summed E-state index contributed by atoms with van der Waals surface area (Å²) < 4.78 is 62.9. The number of alkyl halides is 3. The summed E-state index contributed by atoms with van der Waals surface area (Å²) in [6, 6.07) is 12.7. The van der Waals surface area contributed by atoms with Crippen LogP contribution in [0.1, 0.15) is 11.3 Å². The number of halogens is 4. The van der Waals surface area contributed by atoms with Crippen LogP contribution in [0.15, 0.2) is 63.8 Å². The lowest BCUT2D eigenvalue weighted by molar-refractivity contribution is -0.152. The van der Waals surface area contributed by atoms with Gasteiger partial charge in [0.25, 0.3) is 5.91 Å². The maximum atomic E-state index is 14.0. The van der Waals surface area contributed by atoms with Crippen molar-refractivity contribution < 1.29 is 36.6 Å². The van der Waals surface area contributed by atoms with E-state index in [0.717, 1.165) is 11.6 Å². The fraction of sp³-hybridized carbons (Fsp3) is 0.185. The van der Waals surface area contributed by atoms with Crippen molar-refractivity contribution >= 4 is 34.2 Å². The molecule has 0 aliphatic rings. The standard InChI is InChI=1S/C27H21ClF3NO6/c1-14-4-6-16(11-19(14)28)32-23(33)13-37-17-7-8-18-21(12-17)38-26(27(29,30)31)24(25(18)34)15-5-9-20(35-2)22(10-15)36-3/h4-12H,13H2,1-3H3,(H,32,33). The molecular formula is C27H21ClF3NO6. The number of aryl methyl sites for hydroxylation is 1. The van der Waals surface area contributed by atoms with E-state index in [1.807, 2.05) is 6.92 Å². The van der Waals surface area contributed by atoms with Crippen LogP contribution in [0.2, 0.25) is 5.02 Å². The molecule has 0 aliphatic heterocycles. The number of rotatable bonds is 7. The van der Waals surface area contributed by atoms with Crippen molar-refractivity contribution in [3.8, 4) is 28.4 Å². The van der Waals surface area contributed by atoms with E-state index in [9.17, 15) is 22.8 Å². The van der Waals surface area contributed by atoms with Gasteiger partial charge in [-0.15, -0.1) is 0 Å². The Morgan fingerprint density at radius 1 is 1.00 bits per heavy atom. The molecule has 4 rings (SSSR count). The zero-order valence-electron chi connectivity index (χ0n) is 20.4. The second-order valence-corrected chi connectivity index (χ2v) is 8.57. The summed E-state index contributed by atoms with van der Waals surface area (Å²) in [7, 11) is 2.71. The van der Waals surface area contributed by atoms with Gasteiger partial charge in [0.2, 0.25) is 11.2 Å². The van der Waals surface area contributed by atoms with Crippen molar-refractivity contribution in [2.75, 3.05) is 26.1 Å². The molecule has 1 aromatic heterocycles. The molecule has 0 radical (unpaired) electrons. The molecule has 4 aromatic rings. The first-order valence-electron chi connectivity index (χ1n) is 11.1. The molecule has 0 saturated heterocycles. The van der Waals surface area contributed by atoms with Crippen LogP contribution in [0, 0.1) is 6.92 Å². The lowest BCUT2D eigenvalue weighted by atomic mass is 10.0. The minimum Gasteiger partial charge on any atom is -0.493 e. The van der Waals surface area contributed by atoms with Gasteiger partial charge in [0.1, 0.15) is 11.3 Å². The Balaban J connectivity index is 1.66. The first-order chi connectivity index (χ1) is 18.0. The van der Waals surface area contributed by atoms with Crippen LogP contribution < -0.4 is 25.0 Å². The molecule has 0 spiro atoms. The van der Waals surface area contributed by atoms with Crippen molar-refractivity contribution in [2.45, 2.75) is 13.1 Å². The molecule has 0 fully saturated rings. The summed E-state index contributed by atoms with van der Waals surface area (Å²) in [6.07, 6.45) is -4.98. The van der Waals surface area contributed by atoms with Gasteiger partial charge < -0.3 is 23.9 Å². The summed E-state index contributed by atoms with van der Waals surface area (Å²) in [5.74, 6) is -1.54. The number of ether oxygens (including phenoxy) is 3. The fourth-order valence-electron chi connectivity index (χ4n) is 3.73. The van der Waals surface area contributed by atoms with Crippen LogP contribution in [0.4, 0.5) is 18.9 Å². The van der Waals surface area contributed by atoms with Gasteiger partial charge in [-0.2, -0.15) is 13.2 Å². The predicted molar refractivity (Wildman–Crippen MR) is 136 cm³/mol.